The summed E-state index contributed by atoms with van der Waals surface area (Å²) in [6.07, 6.45) is 10.7. The summed E-state index contributed by atoms with van der Waals surface area (Å²) in [5.41, 5.74) is 1.63. The largest absolute Gasteiger partial charge is 0.381 e. The van der Waals surface area contributed by atoms with Gasteiger partial charge < -0.3 is 5.32 Å². The summed E-state index contributed by atoms with van der Waals surface area (Å²) in [6, 6.07) is 4.74. The van der Waals surface area contributed by atoms with Crippen molar-refractivity contribution in [2.75, 3.05) is 5.32 Å². The van der Waals surface area contributed by atoms with E-state index in [2.05, 4.69) is 35.2 Å². The fourth-order valence-electron chi connectivity index (χ4n) is 3.01. The molecule has 2 aromatic rings. The van der Waals surface area contributed by atoms with Crippen molar-refractivity contribution in [2.45, 2.75) is 52.5 Å². The van der Waals surface area contributed by atoms with Crippen LogP contribution in [-0.4, -0.2) is 20.6 Å². The minimum atomic E-state index is 0.513. The van der Waals surface area contributed by atoms with Gasteiger partial charge in [0.25, 0.3) is 0 Å². The van der Waals surface area contributed by atoms with Crippen LogP contribution in [0, 0.1) is 12.3 Å². The maximum absolute atomic E-state index is 4.54. The quantitative estimate of drug-likeness (QED) is 0.927. The first kappa shape index (κ1) is 14.1. The van der Waals surface area contributed by atoms with E-state index in [0.29, 0.717) is 11.5 Å². The molecule has 112 valence electrons. The van der Waals surface area contributed by atoms with Gasteiger partial charge in [0.2, 0.25) is 0 Å². The molecular formula is C17H24N4. The van der Waals surface area contributed by atoms with Gasteiger partial charge in [0.15, 0.2) is 0 Å². The average molecular weight is 284 g/mol. The monoisotopic (exact) mass is 284 g/mol. The second-order valence-electron chi connectivity index (χ2n) is 6.83. The van der Waals surface area contributed by atoms with Crippen LogP contribution in [0.1, 0.15) is 45.4 Å². The van der Waals surface area contributed by atoms with Crippen LogP contribution in [0.3, 0.4) is 0 Å². The van der Waals surface area contributed by atoms with Crippen molar-refractivity contribution in [3.05, 3.63) is 36.5 Å². The Morgan fingerprint density at radius 3 is 2.52 bits per heavy atom. The molecule has 4 heteroatoms. The fourth-order valence-corrected chi connectivity index (χ4v) is 3.01. The Hall–Kier alpha value is -1.84. The van der Waals surface area contributed by atoms with Gasteiger partial charge in [-0.15, -0.1) is 0 Å². The molecule has 1 fully saturated rings. The summed E-state index contributed by atoms with van der Waals surface area (Å²) in [4.78, 5) is 8.77. The number of imidazole rings is 1. The lowest BCUT2D eigenvalue weighted by atomic mass is 9.75. The van der Waals surface area contributed by atoms with Crippen LogP contribution < -0.4 is 5.32 Å². The Labute approximate surface area is 126 Å². The number of pyridine rings is 1. The molecule has 0 aromatic carbocycles. The molecule has 0 radical (unpaired) electrons. The minimum absolute atomic E-state index is 0.513. The summed E-state index contributed by atoms with van der Waals surface area (Å²) in [6.45, 7) is 6.72. The van der Waals surface area contributed by atoms with E-state index in [1.54, 1.807) is 6.20 Å². The minimum Gasteiger partial charge on any atom is -0.381 e. The van der Waals surface area contributed by atoms with Crippen molar-refractivity contribution in [2.24, 2.45) is 5.41 Å². The van der Waals surface area contributed by atoms with Gasteiger partial charge in [-0.2, -0.15) is 0 Å². The highest BCUT2D eigenvalue weighted by Gasteiger charge is 2.26. The van der Waals surface area contributed by atoms with E-state index >= 15 is 0 Å². The zero-order valence-electron chi connectivity index (χ0n) is 13.1. The van der Waals surface area contributed by atoms with Crippen LogP contribution in [0.15, 0.2) is 30.7 Å². The molecule has 2 heterocycles. The number of aromatic nitrogens is 3. The Morgan fingerprint density at radius 2 is 1.95 bits per heavy atom. The summed E-state index contributed by atoms with van der Waals surface area (Å²) >= 11 is 0. The number of nitrogens with zero attached hydrogens (tertiary/aromatic N) is 3. The highest BCUT2D eigenvalue weighted by Crippen LogP contribution is 2.36. The third kappa shape index (κ3) is 3.26. The van der Waals surface area contributed by atoms with E-state index in [0.717, 1.165) is 17.3 Å². The number of nitrogens with one attached hydrogen (secondary N) is 1. The van der Waals surface area contributed by atoms with Crippen LogP contribution in [0.2, 0.25) is 0 Å². The van der Waals surface area contributed by atoms with Gasteiger partial charge in [0.1, 0.15) is 11.6 Å². The van der Waals surface area contributed by atoms with Crippen LogP contribution in [0.25, 0.3) is 5.82 Å². The van der Waals surface area contributed by atoms with E-state index in [4.69, 9.17) is 0 Å². The van der Waals surface area contributed by atoms with Gasteiger partial charge in [-0.1, -0.05) is 13.8 Å². The molecule has 0 atom stereocenters. The van der Waals surface area contributed by atoms with Crippen molar-refractivity contribution < 1.29 is 0 Å². The van der Waals surface area contributed by atoms with Crippen molar-refractivity contribution in [1.29, 1.82) is 0 Å². The molecule has 0 saturated heterocycles. The number of anilines is 1. The number of hydrogen-bond donors (Lipinski definition) is 1. The summed E-state index contributed by atoms with van der Waals surface area (Å²) < 4.78 is 1.99. The van der Waals surface area contributed by atoms with Crippen LogP contribution in [-0.2, 0) is 0 Å². The first-order valence-electron chi connectivity index (χ1n) is 7.76. The topological polar surface area (TPSA) is 42.7 Å². The molecule has 0 spiro atoms. The van der Waals surface area contributed by atoms with Gasteiger partial charge in [-0.05, 0) is 50.2 Å². The van der Waals surface area contributed by atoms with Crippen molar-refractivity contribution in [3.63, 3.8) is 0 Å². The molecule has 2 aromatic heterocycles. The van der Waals surface area contributed by atoms with Crippen molar-refractivity contribution >= 4 is 5.69 Å². The molecule has 3 rings (SSSR count). The van der Waals surface area contributed by atoms with Crippen LogP contribution in [0.5, 0.6) is 0 Å². The smallest absolute Gasteiger partial charge is 0.138 e. The van der Waals surface area contributed by atoms with Crippen molar-refractivity contribution in [1.82, 2.24) is 14.5 Å². The zero-order valence-corrected chi connectivity index (χ0v) is 13.1. The summed E-state index contributed by atoms with van der Waals surface area (Å²) in [5.74, 6) is 1.87. The Bertz CT molecular complexity index is 588. The van der Waals surface area contributed by atoms with Gasteiger partial charge in [-0.3, -0.25) is 4.57 Å². The van der Waals surface area contributed by atoms with E-state index < -0.39 is 0 Å². The third-order valence-electron chi connectivity index (χ3n) is 4.53. The molecule has 0 unspecified atom stereocenters. The predicted octanol–water partition coefficient (Wildman–Crippen LogP) is 3.96. The summed E-state index contributed by atoms with van der Waals surface area (Å²) in [7, 11) is 0. The molecule has 1 saturated carbocycles. The normalized spacial score (nSPS) is 18.6. The van der Waals surface area contributed by atoms with E-state index in [1.807, 2.05) is 30.0 Å². The van der Waals surface area contributed by atoms with E-state index in [1.165, 1.54) is 25.7 Å². The molecule has 4 nitrogen and oxygen atoms in total. The van der Waals surface area contributed by atoms with Gasteiger partial charge in [-0.25, -0.2) is 9.97 Å². The standard InChI is InChI=1S/C17H24N4/c1-13-18-10-11-21(13)16-5-4-15(12-19-16)20-14-6-8-17(2,3)9-7-14/h4-5,10-12,14,20H,6-9H2,1-3H3. The predicted molar refractivity (Wildman–Crippen MR) is 85.8 cm³/mol. The Kier molecular flexibility index (Phi) is 3.70. The number of hydrogen-bond acceptors (Lipinski definition) is 3. The van der Waals surface area contributed by atoms with Gasteiger partial charge in [0.05, 0.1) is 11.9 Å². The third-order valence-corrected chi connectivity index (χ3v) is 4.53. The molecule has 0 amide bonds. The molecule has 0 bridgehead atoms. The molecular weight excluding hydrogens is 260 g/mol. The lowest BCUT2D eigenvalue weighted by Gasteiger charge is -2.35. The first-order chi connectivity index (χ1) is 10.0. The van der Waals surface area contributed by atoms with Crippen LogP contribution in [0.4, 0.5) is 5.69 Å². The second kappa shape index (κ2) is 5.51. The number of rotatable bonds is 3. The second-order valence-corrected chi connectivity index (χ2v) is 6.83. The Morgan fingerprint density at radius 1 is 1.19 bits per heavy atom. The van der Waals surface area contributed by atoms with E-state index in [-0.39, 0.29) is 0 Å². The van der Waals surface area contributed by atoms with Gasteiger partial charge >= 0.3 is 0 Å². The molecule has 21 heavy (non-hydrogen) atoms. The Balaban J connectivity index is 1.64. The van der Waals surface area contributed by atoms with Gasteiger partial charge in [0, 0.05) is 18.4 Å². The maximum Gasteiger partial charge on any atom is 0.138 e. The highest BCUT2D eigenvalue weighted by molar-refractivity contribution is 5.44. The van der Waals surface area contributed by atoms with Crippen LogP contribution >= 0.6 is 0 Å². The fraction of sp³-hybridized carbons (Fsp3) is 0.529. The van der Waals surface area contributed by atoms with Crippen molar-refractivity contribution in [3.8, 4) is 5.82 Å². The maximum atomic E-state index is 4.54. The lowest BCUT2D eigenvalue weighted by Crippen LogP contribution is -2.29. The molecule has 1 aliphatic carbocycles. The first-order valence-corrected chi connectivity index (χ1v) is 7.76. The number of aryl methyl sites for hydroxylation is 1. The highest BCUT2D eigenvalue weighted by atomic mass is 15.1. The SMILES string of the molecule is Cc1nccn1-c1ccc(NC2CCC(C)(C)CC2)cn1. The summed E-state index contributed by atoms with van der Waals surface area (Å²) in [5, 5.41) is 3.62. The molecule has 1 N–H and O–H groups in total. The molecule has 0 aliphatic heterocycles. The lowest BCUT2D eigenvalue weighted by molar-refractivity contribution is 0.232. The molecule has 1 aliphatic rings. The zero-order chi connectivity index (χ0) is 14.9. The van der Waals surface area contributed by atoms with E-state index in [9.17, 15) is 0 Å². The average Bonchev–Trinajstić information content (AvgIpc) is 2.88.